The molecule has 7 heteroatoms. The molecule has 0 saturated carbocycles. The molecule has 0 radical (unpaired) electrons. The third kappa shape index (κ3) is 4.75. The van der Waals surface area contributed by atoms with E-state index in [4.69, 9.17) is 0 Å². The average Bonchev–Trinajstić information content (AvgIpc) is 3.18. The van der Waals surface area contributed by atoms with Gasteiger partial charge in [-0.3, -0.25) is 10.1 Å². The molecule has 3 rings (SSSR count). The predicted molar refractivity (Wildman–Crippen MR) is 100 cm³/mol. The lowest BCUT2D eigenvalue weighted by molar-refractivity contribution is -0.117. The number of carbonyl (C=O) groups excluding carboxylic acids is 1. The Morgan fingerprint density at radius 1 is 1.00 bits per heavy atom. The lowest BCUT2D eigenvalue weighted by Gasteiger charge is -2.23. The highest BCUT2D eigenvalue weighted by atomic mass is 32.1. The lowest BCUT2D eigenvalue weighted by atomic mass is 10.0. The van der Waals surface area contributed by atoms with Crippen LogP contribution in [0.5, 0.6) is 0 Å². The molecule has 1 heterocycles. The van der Waals surface area contributed by atoms with Gasteiger partial charge in [-0.2, -0.15) is 0 Å². The second-order valence-electron chi connectivity index (χ2n) is 6.00. The molecule has 3 aromatic rings. The first-order valence-corrected chi connectivity index (χ1v) is 9.13. The molecule has 140 valence electrons. The highest BCUT2D eigenvalue weighted by Gasteiger charge is 2.22. The van der Waals surface area contributed by atoms with Crippen LogP contribution < -0.4 is 10.6 Å². The standard InChI is InChI=1S/C20H17F3N2OS/c1-12(20(26)25-17-11-15(22)8-9-16(17)23)24-19(18-3-2-10-27-18)13-4-6-14(21)7-5-13/h2-12,19,24H,1H3,(H,25,26)/t12-,19+/m0/s1. The van der Waals surface area contributed by atoms with Crippen LogP contribution in [0.3, 0.4) is 0 Å². The van der Waals surface area contributed by atoms with E-state index in [2.05, 4.69) is 10.6 Å². The third-order valence-corrected chi connectivity index (χ3v) is 4.96. The molecular formula is C20H17F3N2OS. The second kappa shape index (κ2) is 8.37. The first kappa shape index (κ1) is 19.1. The summed E-state index contributed by atoms with van der Waals surface area (Å²) in [5.74, 6) is -2.22. The smallest absolute Gasteiger partial charge is 0.241 e. The number of thiophene rings is 1. The SMILES string of the molecule is C[C@H](N[C@H](c1ccc(F)cc1)c1cccs1)C(=O)Nc1cc(F)ccc1F. The number of benzene rings is 2. The van der Waals surface area contributed by atoms with Gasteiger partial charge in [-0.05, 0) is 48.2 Å². The highest BCUT2D eigenvalue weighted by molar-refractivity contribution is 7.10. The summed E-state index contributed by atoms with van der Waals surface area (Å²) in [6, 6.07) is 11.6. The van der Waals surface area contributed by atoms with E-state index in [-0.39, 0.29) is 17.5 Å². The molecule has 27 heavy (non-hydrogen) atoms. The fraction of sp³-hybridized carbons (Fsp3) is 0.150. The van der Waals surface area contributed by atoms with Gasteiger partial charge in [-0.15, -0.1) is 11.3 Å². The van der Waals surface area contributed by atoms with E-state index >= 15 is 0 Å². The fourth-order valence-electron chi connectivity index (χ4n) is 2.61. The van der Waals surface area contributed by atoms with E-state index in [0.717, 1.165) is 28.6 Å². The van der Waals surface area contributed by atoms with Crippen LogP contribution in [-0.2, 0) is 4.79 Å². The van der Waals surface area contributed by atoms with Gasteiger partial charge in [-0.25, -0.2) is 13.2 Å². The number of anilines is 1. The average molecular weight is 390 g/mol. The lowest BCUT2D eigenvalue weighted by Crippen LogP contribution is -2.40. The molecule has 0 aliphatic heterocycles. The van der Waals surface area contributed by atoms with Crippen molar-refractivity contribution in [2.24, 2.45) is 0 Å². The fourth-order valence-corrected chi connectivity index (χ4v) is 3.42. The number of halogens is 3. The normalized spacial score (nSPS) is 13.2. The zero-order chi connectivity index (χ0) is 19.4. The van der Waals surface area contributed by atoms with Gasteiger partial charge in [0.15, 0.2) is 0 Å². The molecule has 2 aromatic carbocycles. The Kier molecular flexibility index (Phi) is 5.93. The van der Waals surface area contributed by atoms with Gasteiger partial charge in [0.05, 0.1) is 17.8 Å². The number of hydrogen-bond acceptors (Lipinski definition) is 3. The van der Waals surface area contributed by atoms with Crippen LogP contribution in [0.1, 0.15) is 23.4 Å². The second-order valence-corrected chi connectivity index (χ2v) is 6.98. The molecule has 1 aromatic heterocycles. The summed E-state index contributed by atoms with van der Waals surface area (Å²) in [4.78, 5) is 13.4. The van der Waals surface area contributed by atoms with Gasteiger partial charge in [0, 0.05) is 10.9 Å². The highest BCUT2D eigenvalue weighted by Crippen LogP contribution is 2.27. The van der Waals surface area contributed by atoms with Crippen molar-refractivity contribution in [1.29, 1.82) is 0 Å². The molecule has 0 saturated heterocycles. The largest absolute Gasteiger partial charge is 0.322 e. The van der Waals surface area contributed by atoms with Gasteiger partial charge in [-0.1, -0.05) is 18.2 Å². The molecule has 0 spiro atoms. The molecule has 1 amide bonds. The summed E-state index contributed by atoms with van der Waals surface area (Å²) in [6.45, 7) is 1.62. The van der Waals surface area contributed by atoms with Crippen molar-refractivity contribution >= 4 is 22.9 Å². The minimum absolute atomic E-state index is 0.219. The van der Waals surface area contributed by atoms with Crippen molar-refractivity contribution in [1.82, 2.24) is 5.32 Å². The topological polar surface area (TPSA) is 41.1 Å². The number of amides is 1. The Morgan fingerprint density at radius 3 is 2.37 bits per heavy atom. The van der Waals surface area contributed by atoms with Crippen molar-refractivity contribution in [3.8, 4) is 0 Å². The molecule has 2 N–H and O–H groups in total. The minimum atomic E-state index is -0.718. The zero-order valence-electron chi connectivity index (χ0n) is 14.4. The summed E-state index contributed by atoms with van der Waals surface area (Å²) < 4.78 is 40.3. The van der Waals surface area contributed by atoms with Crippen LogP contribution in [0, 0.1) is 17.5 Å². The quantitative estimate of drug-likeness (QED) is 0.630. The van der Waals surface area contributed by atoms with Crippen LogP contribution >= 0.6 is 11.3 Å². The van der Waals surface area contributed by atoms with Crippen molar-refractivity contribution in [3.05, 3.63) is 87.9 Å². The Balaban J connectivity index is 1.77. The molecule has 0 bridgehead atoms. The van der Waals surface area contributed by atoms with Crippen LogP contribution in [-0.4, -0.2) is 11.9 Å². The van der Waals surface area contributed by atoms with E-state index in [1.54, 1.807) is 19.1 Å². The first-order chi connectivity index (χ1) is 12.9. The van der Waals surface area contributed by atoms with Gasteiger partial charge in [0.2, 0.25) is 5.91 Å². The van der Waals surface area contributed by atoms with Crippen LogP contribution in [0.4, 0.5) is 18.9 Å². The summed E-state index contributed by atoms with van der Waals surface area (Å²) >= 11 is 1.49. The Bertz CT molecular complexity index is 913. The van der Waals surface area contributed by atoms with E-state index in [1.807, 2.05) is 17.5 Å². The van der Waals surface area contributed by atoms with Crippen LogP contribution in [0.15, 0.2) is 60.0 Å². The molecule has 0 fully saturated rings. The number of carbonyl (C=O) groups is 1. The van der Waals surface area contributed by atoms with Crippen molar-refractivity contribution in [2.45, 2.75) is 19.0 Å². The summed E-state index contributed by atoms with van der Waals surface area (Å²) in [5.41, 5.74) is 0.568. The van der Waals surface area contributed by atoms with Crippen molar-refractivity contribution < 1.29 is 18.0 Å². The van der Waals surface area contributed by atoms with Gasteiger partial charge in [0.25, 0.3) is 0 Å². The summed E-state index contributed by atoms with van der Waals surface area (Å²) in [6.07, 6.45) is 0. The minimum Gasteiger partial charge on any atom is -0.322 e. The van der Waals surface area contributed by atoms with Crippen molar-refractivity contribution in [3.63, 3.8) is 0 Å². The van der Waals surface area contributed by atoms with Crippen LogP contribution in [0.2, 0.25) is 0 Å². The zero-order valence-corrected chi connectivity index (χ0v) is 15.2. The molecule has 2 atom stereocenters. The molecule has 0 unspecified atom stereocenters. The Morgan fingerprint density at radius 2 is 1.70 bits per heavy atom. The number of nitrogens with one attached hydrogen (secondary N) is 2. The number of rotatable bonds is 6. The molecule has 0 aliphatic rings. The van der Waals surface area contributed by atoms with Crippen molar-refractivity contribution in [2.75, 3.05) is 5.32 Å². The summed E-state index contributed by atoms with van der Waals surface area (Å²) in [5, 5.41) is 7.46. The maximum absolute atomic E-state index is 13.7. The molecule has 3 nitrogen and oxygen atoms in total. The molecule has 0 aliphatic carbocycles. The number of hydrogen-bond donors (Lipinski definition) is 2. The monoisotopic (exact) mass is 390 g/mol. The molecular weight excluding hydrogens is 373 g/mol. The van der Waals surface area contributed by atoms with Gasteiger partial charge < -0.3 is 5.32 Å². The van der Waals surface area contributed by atoms with Gasteiger partial charge in [0.1, 0.15) is 17.5 Å². The van der Waals surface area contributed by atoms with Crippen LogP contribution in [0.25, 0.3) is 0 Å². The van der Waals surface area contributed by atoms with E-state index in [9.17, 15) is 18.0 Å². The van der Waals surface area contributed by atoms with E-state index in [1.165, 1.54) is 23.5 Å². The van der Waals surface area contributed by atoms with E-state index in [0.29, 0.717) is 0 Å². The first-order valence-electron chi connectivity index (χ1n) is 8.25. The van der Waals surface area contributed by atoms with Gasteiger partial charge >= 0.3 is 0 Å². The Hall–Kier alpha value is -2.64. The Labute approximate surface area is 158 Å². The summed E-state index contributed by atoms with van der Waals surface area (Å²) in [7, 11) is 0. The maximum Gasteiger partial charge on any atom is 0.241 e. The predicted octanol–water partition coefficient (Wildman–Crippen LogP) is 4.87. The maximum atomic E-state index is 13.7. The van der Waals surface area contributed by atoms with E-state index < -0.39 is 23.6 Å². The third-order valence-electron chi connectivity index (χ3n) is 4.03.